The standard InChI is InChI=1S/C16H26N4O2/c1-3-4-5-6-15(21)17-10-13-7-8-20(12-13)14-9-16(22)19(2)18-11-14/h9,11,13H,3-8,10,12H2,1-2H3,(H,17,21)/t13-/m1/s1. The number of hydrogen-bond donors (Lipinski definition) is 1. The first-order valence-corrected chi connectivity index (χ1v) is 8.15. The Morgan fingerprint density at radius 3 is 3.00 bits per heavy atom. The molecule has 1 aromatic heterocycles. The van der Waals surface area contributed by atoms with Crippen LogP contribution in [-0.4, -0.2) is 35.3 Å². The second-order valence-electron chi connectivity index (χ2n) is 6.04. The van der Waals surface area contributed by atoms with Crippen LogP contribution in [0.15, 0.2) is 17.1 Å². The highest BCUT2D eigenvalue weighted by Gasteiger charge is 2.23. The Labute approximate surface area is 131 Å². The van der Waals surface area contributed by atoms with Crippen LogP contribution < -0.4 is 15.8 Å². The van der Waals surface area contributed by atoms with E-state index in [1.807, 2.05) is 0 Å². The highest BCUT2D eigenvalue weighted by atomic mass is 16.1. The molecule has 0 bridgehead atoms. The highest BCUT2D eigenvalue weighted by Crippen LogP contribution is 2.21. The first-order chi connectivity index (χ1) is 10.6. The maximum absolute atomic E-state index is 11.7. The summed E-state index contributed by atoms with van der Waals surface area (Å²) in [7, 11) is 1.65. The summed E-state index contributed by atoms with van der Waals surface area (Å²) in [6, 6.07) is 1.62. The van der Waals surface area contributed by atoms with Gasteiger partial charge in [0.05, 0.1) is 11.9 Å². The number of unbranched alkanes of at least 4 members (excludes halogenated alkanes) is 2. The lowest BCUT2D eigenvalue weighted by molar-refractivity contribution is -0.121. The topological polar surface area (TPSA) is 67.2 Å². The number of amides is 1. The fourth-order valence-electron chi connectivity index (χ4n) is 2.75. The third kappa shape index (κ3) is 4.58. The summed E-state index contributed by atoms with van der Waals surface area (Å²) in [6.45, 7) is 4.63. The molecule has 2 heterocycles. The van der Waals surface area contributed by atoms with Gasteiger partial charge in [-0.3, -0.25) is 9.59 Å². The predicted octanol–water partition coefficient (Wildman–Crippen LogP) is 1.30. The second kappa shape index (κ2) is 7.96. The molecule has 2 rings (SSSR count). The Kier molecular flexibility index (Phi) is 5.98. The van der Waals surface area contributed by atoms with Gasteiger partial charge < -0.3 is 10.2 Å². The molecule has 0 radical (unpaired) electrons. The summed E-state index contributed by atoms with van der Waals surface area (Å²) in [5.41, 5.74) is 0.782. The quantitative estimate of drug-likeness (QED) is 0.771. The predicted molar refractivity (Wildman–Crippen MR) is 86.9 cm³/mol. The second-order valence-corrected chi connectivity index (χ2v) is 6.04. The van der Waals surface area contributed by atoms with Gasteiger partial charge in [-0.2, -0.15) is 5.10 Å². The third-order valence-corrected chi connectivity index (χ3v) is 4.20. The average Bonchev–Trinajstić information content (AvgIpc) is 2.97. The minimum absolute atomic E-state index is 0.0924. The molecule has 1 fully saturated rings. The van der Waals surface area contributed by atoms with E-state index in [4.69, 9.17) is 0 Å². The minimum Gasteiger partial charge on any atom is -0.370 e. The van der Waals surface area contributed by atoms with Crippen molar-refractivity contribution in [2.24, 2.45) is 13.0 Å². The lowest BCUT2D eigenvalue weighted by atomic mass is 10.1. The number of hydrogen-bond acceptors (Lipinski definition) is 4. The molecule has 1 aromatic rings. The van der Waals surface area contributed by atoms with Crippen molar-refractivity contribution in [1.29, 1.82) is 0 Å². The van der Waals surface area contributed by atoms with Crippen molar-refractivity contribution in [3.63, 3.8) is 0 Å². The lowest BCUT2D eigenvalue weighted by Crippen LogP contribution is -2.31. The largest absolute Gasteiger partial charge is 0.370 e. The molecule has 122 valence electrons. The first kappa shape index (κ1) is 16.5. The Morgan fingerprint density at radius 1 is 1.45 bits per heavy atom. The molecule has 0 unspecified atom stereocenters. The zero-order valence-electron chi connectivity index (χ0n) is 13.5. The van der Waals surface area contributed by atoms with Gasteiger partial charge in [-0.25, -0.2) is 4.68 Å². The summed E-state index contributed by atoms with van der Waals surface area (Å²) in [5.74, 6) is 0.598. The van der Waals surface area contributed by atoms with Gasteiger partial charge in [-0.15, -0.1) is 0 Å². The minimum atomic E-state index is -0.0924. The number of nitrogens with one attached hydrogen (secondary N) is 1. The number of aromatic nitrogens is 2. The third-order valence-electron chi connectivity index (χ3n) is 4.20. The van der Waals surface area contributed by atoms with Crippen molar-refractivity contribution >= 4 is 11.6 Å². The molecule has 0 saturated carbocycles. The first-order valence-electron chi connectivity index (χ1n) is 8.15. The van der Waals surface area contributed by atoms with Crippen LogP contribution >= 0.6 is 0 Å². The van der Waals surface area contributed by atoms with E-state index >= 15 is 0 Å². The normalized spacial score (nSPS) is 17.7. The zero-order valence-corrected chi connectivity index (χ0v) is 13.5. The van der Waals surface area contributed by atoms with Gasteiger partial charge in [0, 0.05) is 39.2 Å². The summed E-state index contributed by atoms with van der Waals surface area (Å²) >= 11 is 0. The van der Waals surface area contributed by atoms with Gasteiger partial charge in [0.25, 0.3) is 5.56 Å². The van der Waals surface area contributed by atoms with Gasteiger partial charge in [0.15, 0.2) is 0 Å². The Hall–Kier alpha value is -1.85. The van der Waals surface area contributed by atoms with Crippen LogP contribution in [0.2, 0.25) is 0 Å². The molecule has 6 nitrogen and oxygen atoms in total. The molecule has 1 saturated heterocycles. The van der Waals surface area contributed by atoms with E-state index in [1.54, 1.807) is 19.3 Å². The van der Waals surface area contributed by atoms with E-state index < -0.39 is 0 Å². The number of aryl methyl sites for hydroxylation is 1. The molecule has 1 aliphatic rings. The molecule has 1 aliphatic heterocycles. The highest BCUT2D eigenvalue weighted by molar-refractivity contribution is 5.75. The van der Waals surface area contributed by atoms with Crippen LogP contribution in [0.5, 0.6) is 0 Å². The van der Waals surface area contributed by atoms with E-state index in [2.05, 4.69) is 22.2 Å². The van der Waals surface area contributed by atoms with E-state index in [1.165, 1.54) is 4.68 Å². The molecular formula is C16H26N4O2. The molecule has 0 aliphatic carbocycles. The van der Waals surface area contributed by atoms with E-state index in [9.17, 15) is 9.59 Å². The van der Waals surface area contributed by atoms with Crippen molar-refractivity contribution in [2.45, 2.75) is 39.0 Å². The number of anilines is 1. The lowest BCUT2D eigenvalue weighted by Gasteiger charge is -2.18. The van der Waals surface area contributed by atoms with E-state index in [0.29, 0.717) is 12.3 Å². The average molecular weight is 306 g/mol. The van der Waals surface area contributed by atoms with Crippen molar-refractivity contribution < 1.29 is 4.79 Å². The fraction of sp³-hybridized carbons (Fsp3) is 0.688. The molecule has 1 atom stereocenters. The SMILES string of the molecule is CCCCCC(=O)NC[C@H]1CCN(c2cnn(C)c(=O)c2)C1. The summed E-state index contributed by atoms with van der Waals surface area (Å²) < 4.78 is 1.33. The smallest absolute Gasteiger partial charge is 0.268 e. The number of rotatable bonds is 7. The number of carbonyl (C=O) groups excluding carboxylic acids is 1. The maximum Gasteiger partial charge on any atom is 0.268 e. The monoisotopic (exact) mass is 306 g/mol. The molecule has 0 spiro atoms. The van der Waals surface area contributed by atoms with Gasteiger partial charge >= 0.3 is 0 Å². The van der Waals surface area contributed by atoms with Crippen molar-refractivity contribution in [3.05, 3.63) is 22.6 Å². The van der Waals surface area contributed by atoms with E-state index in [0.717, 1.165) is 51.0 Å². The summed E-state index contributed by atoms with van der Waals surface area (Å²) in [5, 5.41) is 7.09. The van der Waals surface area contributed by atoms with Crippen LogP contribution in [-0.2, 0) is 11.8 Å². The van der Waals surface area contributed by atoms with Crippen LogP contribution in [0.4, 0.5) is 5.69 Å². The summed E-state index contributed by atoms with van der Waals surface area (Å²) in [4.78, 5) is 25.5. The van der Waals surface area contributed by atoms with Crippen LogP contribution in [0, 0.1) is 5.92 Å². The number of nitrogens with zero attached hydrogens (tertiary/aromatic N) is 3. The zero-order chi connectivity index (χ0) is 15.9. The fourth-order valence-corrected chi connectivity index (χ4v) is 2.75. The maximum atomic E-state index is 11.7. The Morgan fingerprint density at radius 2 is 2.27 bits per heavy atom. The molecule has 0 aromatic carbocycles. The molecule has 1 N–H and O–H groups in total. The van der Waals surface area contributed by atoms with Gasteiger partial charge in [0.2, 0.25) is 5.91 Å². The molecule has 22 heavy (non-hydrogen) atoms. The van der Waals surface area contributed by atoms with Gasteiger partial charge in [-0.1, -0.05) is 19.8 Å². The van der Waals surface area contributed by atoms with E-state index in [-0.39, 0.29) is 11.5 Å². The van der Waals surface area contributed by atoms with Gasteiger partial charge in [-0.05, 0) is 18.8 Å². The van der Waals surface area contributed by atoms with Crippen molar-refractivity contribution in [1.82, 2.24) is 15.1 Å². The van der Waals surface area contributed by atoms with Crippen LogP contribution in [0.25, 0.3) is 0 Å². The molecular weight excluding hydrogens is 280 g/mol. The molecule has 1 amide bonds. The summed E-state index contributed by atoms with van der Waals surface area (Å²) in [6.07, 6.45) is 6.61. The van der Waals surface area contributed by atoms with Crippen LogP contribution in [0.1, 0.15) is 39.0 Å². The Bertz CT molecular complexity index is 555. The number of carbonyl (C=O) groups is 1. The van der Waals surface area contributed by atoms with Crippen LogP contribution in [0.3, 0.4) is 0 Å². The molecule has 6 heteroatoms. The van der Waals surface area contributed by atoms with Crippen molar-refractivity contribution in [2.75, 3.05) is 24.5 Å². The van der Waals surface area contributed by atoms with Crippen molar-refractivity contribution in [3.8, 4) is 0 Å². The van der Waals surface area contributed by atoms with Gasteiger partial charge in [0.1, 0.15) is 0 Å². The Balaban J connectivity index is 1.76.